The number of rotatable bonds is 21. The summed E-state index contributed by atoms with van der Waals surface area (Å²) in [5.74, 6) is 0. The first-order valence-corrected chi connectivity index (χ1v) is 30.0. The molecule has 0 aromatic heterocycles. The topological polar surface area (TPSA) is 400 Å². The molecule has 0 saturated carbocycles. The summed E-state index contributed by atoms with van der Waals surface area (Å²) in [5, 5.41) is 77.6. The normalized spacial score (nSPS) is 48.7. The van der Waals surface area contributed by atoms with Gasteiger partial charge in [-0.15, -0.1) is 0 Å². The molecular formula is C56H98O35. The van der Waals surface area contributed by atoms with Gasteiger partial charge in [0.15, 0.2) is 44.0 Å². The lowest BCUT2D eigenvalue weighted by molar-refractivity contribution is -0.402. The third kappa shape index (κ3) is 15.3. The SMILES string of the molecule is CO[C@@H]1[C@@H](OC)[C@H]2O[C@H]3[C@H](OC)[C@@H](OC)[C@@H](O[C@H]4[C@H](OC)[C@@H](OC)[C@@H](O[C@H]5[C@H](OC)[C@@H](OC)[C@@H](O[C@H]6[C@@H](OC)[C@H](OC)[C@@H](O[C@H]7[C@@H](OC)[C@H](OC)[C@@H](O[C@H]8[C@@H](OC)[C@H](OC)[C@@H](O[C@@H]1[C@@H](CO)O2)O[C@@H]8CO)O[C@@H]7CO)O[C@@H]6CO)O[C@@H]5CO)O[C@@H]4CO)O[C@@H]3CO. The summed E-state index contributed by atoms with van der Waals surface area (Å²) < 4.78 is 177. The molecule has 21 heterocycles. The van der Waals surface area contributed by atoms with E-state index in [0.717, 1.165) is 0 Å². The van der Waals surface area contributed by atoms with Crippen molar-refractivity contribution in [3.63, 3.8) is 0 Å². The lowest BCUT2D eigenvalue weighted by atomic mass is 9.94. The second kappa shape index (κ2) is 35.4. The molecule has 14 bridgehead atoms. The Balaban J connectivity index is 1.19. The Morgan fingerprint density at radius 2 is 0.264 bits per heavy atom. The summed E-state index contributed by atoms with van der Waals surface area (Å²) in [6, 6.07) is 0. The van der Waals surface area contributed by atoms with Crippen LogP contribution < -0.4 is 0 Å². The third-order valence-electron chi connectivity index (χ3n) is 18.2. The highest BCUT2D eigenvalue weighted by Gasteiger charge is 2.62. The average Bonchev–Trinajstić information content (AvgIpc) is 0.788. The number of aliphatic hydroxyl groups excluding tert-OH is 7. The largest absolute Gasteiger partial charge is 0.394 e. The summed E-state index contributed by atoms with van der Waals surface area (Å²) >= 11 is 0. The van der Waals surface area contributed by atoms with Crippen molar-refractivity contribution < 1.29 is 168 Å². The summed E-state index contributed by atoms with van der Waals surface area (Å²) in [6.45, 7) is -4.84. The van der Waals surface area contributed by atoms with Crippen molar-refractivity contribution in [2.24, 2.45) is 0 Å². The second-order valence-electron chi connectivity index (χ2n) is 22.6. The number of ether oxygens (including phenoxy) is 28. The summed E-state index contributed by atoms with van der Waals surface area (Å²) in [7, 11) is 19.2. The fraction of sp³-hybridized carbons (Fsp3) is 1.00. The molecule has 21 aliphatic rings. The molecule has 0 aromatic carbocycles. The van der Waals surface area contributed by atoms with Gasteiger partial charge in [-0.25, -0.2) is 0 Å². The monoisotopic (exact) mass is 1330 g/mol. The lowest BCUT2D eigenvalue weighted by Crippen LogP contribution is -2.69. The van der Waals surface area contributed by atoms with E-state index in [1.807, 2.05) is 0 Å². The van der Waals surface area contributed by atoms with Gasteiger partial charge in [0, 0.05) is 99.5 Å². The molecule has 0 amide bonds. The van der Waals surface area contributed by atoms with Crippen molar-refractivity contribution in [3.05, 3.63) is 0 Å². The molecule has 0 spiro atoms. The average molecular weight is 1330 g/mol. The molecule has 21 aliphatic heterocycles. The van der Waals surface area contributed by atoms with Crippen molar-refractivity contribution in [3.8, 4) is 0 Å². The second-order valence-corrected chi connectivity index (χ2v) is 22.6. The minimum atomic E-state index is -1.41. The van der Waals surface area contributed by atoms with Gasteiger partial charge in [0.1, 0.15) is 171 Å². The Labute approximate surface area is 528 Å². The van der Waals surface area contributed by atoms with Crippen LogP contribution in [0.1, 0.15) is 0 Å². The predicted octanol–water partition coefficient (Wildman–Crippen LogP) is -6.07. The fourth-order valence-corrected chi connectivity index (χ4v) is 13.8. The molecule has 35 atom stereocenters. The molecule has 7 N–H and O–H groups in total. The number of hydrogen-bond acceptors (Lipinski definition) is 35. The molecule has 21 fully saturated rings. The smallest absolute Gasteiger partial charge is 0.187 e. The Morgan fingerprint density at radius 3 is 0.341 bits per heavy atom. The molecular weight excluding hydrogens is 1230 g/mol. The predicted molar refractivity (Wildman–Crippen MR) is 295 cm³/mol. The molecule has 91 heavy (non-hydrogen) atoms. The van der Waals surface area contributed by atoms with Gasteiger partial charge in [0.2, 0.25) is 0 Å². The van der Waals surface area contributed by atoms with Crippen LogP contribution in [0.2, 0.25) is 0 Å². The van der Waals surface area contributed by atoms with E-state index in [9.17, 15) is 35.7 Å². The first-order chi connectivity index (χ1) is 44.2. The van der Waals surface area contributed by atoms with Gasteiger partial charge in [0.05, 0.1) is 46.2 Å². The van der Waals surface area contributed by atoms with E-state index in [2.05, 4.69) is 0 Å². The zero-order valence-electron chi connectivity index (χ0n) is 53.7. The van der Waals surface area contributed by atoms with Gasteiger partial charge >= 0.3 is 0 Å². The van der Waals surface area contributed by atoms with Crippen LogP contribution in [0.5, 0.6) is 0 Å². The Morgan fingerprint density at radius 1 is 0.165 bits per heavy atom. The van der Waals surface area contributed by atoms with Crippen molar-refractivity contribution in [1.82, 2.24) is 0 Å². The van der Waals surface area contributed by atoms with Crippen LogP contribution in [0.15, 0.2) is 0 Å². The van der Waals surface area contributed by atoms with Gasteiger partial charge in [-0.3, -0.25) is 0 Å². The molecule has 35 nitrogen and oxygen atoms in total. The summed E-state index contributed by atoms with van der Waals surface area (Å²) in [6.07, 6.45) is -43.5. The summed E-state index contributed by atoms with van der Waals surface area (Å²) in [5.41, 5.74) is 0. The van der Waals surface area contributed by atoms with Crippen LogP contribution in [-0.4, -0.2) is 396 Å². The first kappa shape index (κ1) is 75.4. The molecule has 0 radical (unpaired) electrons. The van der Waals surface area contributed by atoms with Crippen LogP contribution in [0.3, 0.4) is 0 Å². The molecule has 35 heteroatoms. The van der Waals surface area contributed by atoms with Crippen molar-refractivity contribution >= 4 is 0 Å². The zero-order valence-corrected chi connectivity index (χ0v) is 53.7. The Bertz CT molecular complexity index is 1690. The maximum atomic E-state index is 11.1. The fourth-order valence-electron chi connectivity index (χ4n) is 13.8. The van der Waals surface area contributed by atoms with Crippen LogP contribution in [0, 0.1) is 0 Å². The van der Waals surface area contributed by atoms with E-state index in [1.54, 1.807) is 0 Å². The molecule has 532 valence electrons. The van der Waals surface area contributed by atoms with Gasteiger partial charge in [-0.05, 0) is 0 Å². The maximum absolute atomic E-state index is 11.1. The number of hydrogen-bond donors (Lipinski definition) is 7. The maximum Gasteiger partial charge on any atom is 0.187 e. The van der Waals surface area contributed by atoms with Gasteiger partial charge < -0.3 is 168 Å². The van der Waals surface area contributed by atoms with E-state index in [0.29, 0.717) is 0 Å². The zero-order chi connectivity index (χ0) is 66.0. The van der Waals surface area contributed by atoms with Crippen molar-refractivity contribution in [2.75, 3.05) is 146 Å². The highest BCUT2D eigenvalue weighted by molar-refractivity contribution is 5.04. The van der Waals surface area contributed by atoms with Crippen molar-refractivity contribution in [2.45, 2.75) is 215 Å². The Hall–Kier alpha value is -1.40. The van der Waals surface area contributed by atoms with E-state index in [4.69, 9.17) is 133 Å². The summed E-state index contributed by atoms with van der Waals surface area (Å²) in [4.78, 5) is 0. The number of methoxy groups -OCH3 is 14. The van der Waals surface area contributed by atoms with Crippen LogP contribution in [-0.2, 0) is 133 Å². The first-order valence-electron chi connectivity index (χ1n) is 30.0. The molecule has 0 aromatic rings. The van der Waals surface area contributed by atoms with Crippen LogP contribution in [0.25, 0.3) is 0 Å². The van der Waals surface area contributed by atoms with Crippen LogP contribution in [0.4, 0.5) is 0 Å². The minimum Gasteiger partial charge on any atom is -0.394 e. The standard InChI is InChI=1S/C56H98O35/c1-64-36-29-22(15-57)78-50(43(36)71-8)86-30-23(16-58)80-52(45(73-10)37(30)65-2)88-32-25(18-60)82-54(47(75-12)39(32)67-4)90-34-27(20-62)84-56(49(77-14)41(34)69-6)91-35-28(21-63)83-55(48(76-13)42(35)70-7)89-33-26(19-61)81-53(46(74-11)40(33)68-5)87-31-24(17-59)79-51(85-29)44(72-9)38(31)66-3/h22-63H,15-21H2,1-14H3/t22-,23-,24-,25-,26-,27-,28-,29-,30-,31-,32-,33-,34-,35-,36-,37-,38-,39+,40+,41+,42+,43+,44+,45+,46-,47-,48-,49-,50-,51-,52-,53-,54-,55-,56-/m1/s1. The molecule has 0 unspecified atom stereocenters. The van der Waals surface area contributed by atoms with E-state index in [1.165, 1.54) is 99.5 Å². The lowest BCUT2D eigenvalue weighted by Gasteiger charge is -2.52. The molecule has 21 saturated heterocycles. The number of aliphatic hydroxyl groups is 7. The van der Waals surface area contributed by atoms with Gasteiger partial charge in [-0.2, -0.15) is 0 Å². The van der Waals surface area contributed by atoms with E-state index < -0.39 is 261 Å². The van der Waals surface area contributed by atoms with E-state index >= 15 is 0 Å². The third-order valence-corrected chi connectivity index (χ3v) is 18.2. The van der Waals surface area contributed by atoms with Crippen molar-refractivity contribution in [1.29, 1.82) is 0 Å². The Kier molecular flexibility index (Phi) is 29.3. The quantitative estimate of drug-likeness (QED) is 0.0562. The van der Waals surface area contributed by atoms with Gasteiger partial charge in [0.25, 0.3) is 0 Å². The minimum absolute atomic E-state index is 0.692. The van der Waals surface area contributed by atoms with Gasteiger partial charge in [-0.1, -0.05) is 0 Å². The van der Waals surface area contributed by atoms with E-state index in [-0.39, 0.29) is 0 Å². The van der Waals surface area contributed by atoms with Crippen LogP contribution >= 0.6 is 0 Å². The molecule has 0 aliphatic carbocycles. The molecule has 21 rings (SSSR count). The highest BCUT2D eigenvalue weighted by atomic mass is 16.8. The highest BCUT2D eigenvalue weighted by Crippen LogP contribution is 2.42.